The minimum Gasteiger partial charge on any atom is -0.314 e. The Kier molecular flexibility index (Phi) is 12.3. The highest BCUT2D eigenvalue weighted by molar-refractivity contribution is 7.92. The summed E-state index contributed by atoms with van der Waals surface area (Å²) in [5.74, 6) is 0. The van der Waals surface area contributed by atoms with E-state index in [2.05, 4.69) is 31.1 Å². The Labute approximate surface area is 252 Å². The van der Waals surface area contributed by atoms with E-state index in [1.807, 2.05) is 38.1 Å². The van der Waals surface area contributed by atoms with Crippen LogP contribution in [0.25, 0.3) is 0 Å². The zero-order chi connectivity index (χ0) is 30.0. The van der Waals surface area contributed by atoms with Gasteiger partial charge in [-0.1, -0.05) is 35.4 Å². The Morgan fingerprint density at radius 3 is 1.31 bits per heavy atom. The number of nitrogens with one attached hydrogen (secondary N) is 4. The molecule has 42 heavy (non-hydrogen) atoms. The van der Waals surface area contributed by atoms with Crippen LogP contribution in [0.15, 0.2) is 58.3 Å². The van der Waals surface area contributed by atoms with Crippen molar-refractivity contribution in [1.29, 1.82) is 0 Å². The van der Waals surface area contributed by atoms with Gasteiger partial charge < -0.3 is 21.3 Å². The van der Waals surface area contributed by atoms with Crippen LogP contribution in [0.4, 0.5) is 0 Å². The normalized spacial score (nSPS) is 22.7. The van der Waals surface area contributed by atoms with Crippen LogP contribution in [-0.4, -0.2) is 116 Å². The van der Waals surface area contributed by atoms with Crippen LogP contribution in [0.3, 0.4) is 0 Å². The number of rotatable bonds is 9. The summed E-state index contributed by atoms with van der Waals surface area (Å²) >= 11 is 0. The second-order valence-corrected chi connectivity index (χ2v) is 15.5. The van der Waals surface area contributed by atoms with Gasteiger partial charge in [0.05, 0.1) is 9.79 Å². The Balaban J connectivity index is 1.46. The van der Waals surface area contributed by atoms with Gasteiger partial charge in [0.1, 0.15) is 10.7 Å². The summed E-state index contributed by atoms with van der Waals surface area (Å²) in [7, 11) is -7.17. The van der Waals surface area contributed by atoms with Crippen LogP contribution >= 0.6 is 0 Å². The largest absolute Gasteiger partial charge is 0.314 e. The summed E-state index contributed by atoms with van der Waals surface area (Å²) in [5.41, 5.74) is 2.05. The second-order valence-electron chi connectivity index (χ2n) is 11.3. The lowest BCUT2D eigenvalue weighted by Crippen LogP contribution is -2.49. The fraction of sp³-hybridized carbons (Fsp3) is 0.600. The maximum Gasteiger partial charge on any atom is 0.195 e. The minimum atomic E-state index is -3.59. The molecule has 0 aromatic heterocycles. The van der Waals surface area contributed by atoms with Gasteiger partial charge in [-0.3, -0.25) is 9.80 Å². The van der Waals surface area contributed by atoms with Gasteiger partial charge in [0.2, 0.25) is 0 Å². The van der Waals surface area contributed by atoms with E-state index in [1.165, 1.54) is 0 Å². The topological polar surface area (TPSA) is 123 Å². The molecule has 4 rings (SSSR count). The molecule has 2 atom stereocenters. The maximum absolute atomic E-state index is 13.8. The molecular formula is C30H48N6O4S2. The van der Waals surface area contributed by atoms with E-state index >= 15 is 0 Å². The molecule has 4 N–H and O–H groups in total. The molecule has 234 valence electrons. The quantitative estimate of drug-likeness (QED) is 0.302. The van der Waals surface area contributed by atoms with Gasteiger partial charge in [0.15, 0.2) is 19.7 Å². The molecule has 2 aromatic carbocycles. The predicted molar refractivity (Wildman–Crippen MR) is 168 cm³/mol. The van der Waals surface area contributed by atoms with Crippen LogP contribution in [0.5, 0.6) is 0 Å². The standard InChI is InChI=1S/C30H48N6O4S2/c1-25-5-9-27(10-6-25)41(37,38)29-23-33-15-13-31-17-21-35(29)19-3-4-20-36-22-18-32-14-16-34-24-30(36)42(39,40)28-11-7-26(2)8-12-28/h5-12,29-34H,3-4,13-24H2,1-2H3. The van der Waals surface area contributed by atoms with Crippen molar-refractivity contribution in [2.45, 2.75) is 47.2 Å². The molecular weight excluding hydrogens is 573 g/mol. The average molecular weight is 621 g/mol. The lowest BCUT2D eigenvalue weighted by Gasteiger charge is -2.33. The van der Waals surface area contributed by atoms with Gasteiger partial charge in [0.25, 0.3) is 0 Å². The van der Waals surface area contributed by atoms with Gasteiger partial charge in [-0.25, -0.2) is 16.8 Å². The highest BCUT2D eigenvalue weighted by Gasteiger charge is 2.34. The molecule has 2 saturated heterocycles. The molecule has 2 aliphatic rings. The van der Waals surface area contributed by atoms with Crippen LogP contribution < -0.4 is 21.3 Å². The number of sulfone groups is 2. The molecule has 0 aliphatic carbocycles. The van der Waals surface area contributed by atoms with Gasteiger partial charge >= 0.3 is 0 Å². The first-order chi connectivity index (χ1) is 20.2. The third-order valence-electron chi connectivity index (χ3n) is 8.12. The van der Waals surface area contributed by atoms with Crippen LogP contribution in [0.2, 0.25) is 0 Å². The SMILES string of the molecule is Cc1ccc(S(=O)(=O)C2CNCCNCCN2CCCCN2CCNCCNCC2S(=O)(=O)c2ccc(C)cc2)cc1. The molecule has 0 saturated carbocycles. The second kappa shape index (κ2) is 15.7. The number of hydrogen-bond acceptors (Lipinski definition) is 10. The molecule has 0 spiro atoms. The van der Waals surface area contributed by atoms with Crippen molar-refractivity contribution < 1.29 is 16.8 Å². The average Bonchev–Trinajstić information content (AvgIpc) is 3.17. The van der Waals surface area contributed by atoms with Crippen molar-refractivity contribution in [3.8, 4) is 0 Å². The van der Waals surface area contributed by atoms with E-state index in [0.29, 0.717) is 75.2 Å². The van der Waals surface area contributed by atoms with Crippen LogP contribution in [-0.2, 0) is 19.7 Å². The monoisotopic (exact) mass is 620 g/mol. The van der Waals surface area contributed by atoms with Crippen molar-refractivity contribution in [3.63, 3.8) is 0 Å². The Hall–Kier alpha value is -1.90. The lowest BCUT2D eigenvalue weighted by atomic mass is 10.2. The van der Waals surface area contributed by atoms with E-state index in [0.717, 1.165) is 37.1 Å². The molecule has 2 aliphatic heterocycles. The summed E-state index contributed by atoms with van der Waals surface area (Å²) < 4.78 is 55.2. The zero-order valence-corrected chi connectivity index (χ0v) is 26.6. The summed E-state index contributed by atoms with van der Waals surface area (Å²) in [5, 5.41) is 12.1. The summed E-state index contributed by atoms with van der Waals surface area (Å²) in [6.07, 6.45) is 1.52. The first-order valence-corrected chi connectivity index (χ1v) is 18.2. The van der Waals surface area contributed by atoms with Crippen LogP contribution in [0, 0.1) is 13.8 Å². The molecule has 2 unspecified atom stereocenters. The Morgan fingerprint density at radius 1 is 0.571 bits per heavy atom. The number of benzene rings is 2. The number of hydrogen-bond donors (Lipinski definition) is 4. The summed E-state index contributed by atoms with van der Waals surface area (Å²) in [6.45, 7) is 11.5. The van der Waals surface area contributed by atoms with E-state index in [1.54, 1.807) is 24.3 Å². The molecule has 0 amide bonds. The third-order valence-corrected chi connectivity index (χ3v) is 12.3. The fourth-order valence-corrected chi connectivity index (χ4v) is 9.11. The highest BCUT2D eigenvalue weighted by atomic mass is 32.2. The Morgan fingerprint density at radius 2 is 0.929 bits per heavy atom. The summed E-state index contributed by atoms with van der Waals surface area (Å²) in [6, 6.07) is 14.2. The molecule has 10 nitrogen and oxygen atoms in total. The first kappa shape index (κ1) is 33.0. The van der Waals surface area contributed by atoms with Gasteiger partial charge in [-0.05, 0) is 64.0 Å². The van der Waals surface area contributed by atoms with Crippen molar-refractivity contribution in [2.24, 2.45) is 0 Å². The number of unbranched alkanes of at least 4 members (excludes halogenated alkanes) is 1. The van der Waals surface area contributed by atoms with E-state index in [9.17, 15) is 16.8 Å². The van der Waals surface area contributed by atoms with Crippen molar-refractivity contribution in [1.82, 2.24) is 31.1 Å². The van der Waals surface area contributed by atoms with Gasteiger partial charge in [-0.15, -0.1) is 0 Å². The Bertz CT molecular complexity index is 1220. The van der Waals surface area contributed by atoms with Crippen molar-refractivity contribution in [3.05, 3.63) is 59.7 Å². The molecule has 0 bridgehead atoms. The highest BCUT2D eigenvalue weighted by Crippen LogP contribution is 2.22. The molecule has 2 aromatic rings. The molecule has 2 fully saturated rings. The maximum atomic E-state index is 13.8. The molecule has 12 heteroatoms. The number of nitrogens with zero attached hydrogens (tertiary/aromatic N) is 2. The zero-order valence-electron chi connectivity index (χ0n) is 25.0. The minimum absolute atomic E-state index is 0.345. The lowest BCUT2D eigenvalue weighted by molar-refractivity contribution is 0.218. The van der Waals surface area contributed by atoms with Crippen LogP contribution in [0.1, 0.15) is 24.0 Å². The molecule has 2 heterocycles. The van der Waals surface area contributed by atoms with Gasteiger partial charge in [0, 0.05) is 65.4 Å². The van der Waals surface area contributed by atoms with Crippen molar-refractivity contribution >= 4 is 19.7 Å². The van der Waals surface area contributed by atoms with E-state index in [-0.39, 0.29) is 0 Å². The predicted octanol–water partition coefficient (Wildman–Crippen LogP) is 0.973. The summed E-state index contributed by atoms with van der Waals surface area (Å²) in [4.78, 5) is 4.83. The first-order valence-electron chi connectivity index (χ1n) is 15.1. The van der Waals surface area contributed by atoms with E-state index in [4.69, 9.17) is 0 Å². The van der Waals surface area contributed by atoms with Crippen molar-refractivity contribution in [2.75, 3.05) is 78.5 Å². The smallest absolute Gasteiger partial charge is 0.195 e. The number of aryl methyl sites for hydroxylation is 2. The van der Waals surface area contributed by atoms with E-state index < -0.39 is 30.4 Å². The third kappa shape index (κ3) is 8.82. The molecule has 0 radical (unpaired) electrons. The fourth-order valence-electron chi connectivity index (χ4n) is 5.57. The van der Waals surface area contributed by atoms with Gasteiger partial charge in [-0.2, -0.15) is 0 Å².